The Bertz CT molecular complexity index is 134. The van der Waals surface area contributed by atoms with Gasteiger partial charge in [0.05, 0.1) is 0 Å². The van der Waals surface area contributed by atoms with Gasteiger partial charge in [0.25, 0.3) is 0 Å². The largest absolute Gasteiger partial charge is 0.184 e. The van der Waals surface area contributed by atoms with E-state index in [4.69, 9.17) is 0 Å². The molecule has 0 aliphatic carbocycles. The average molecular weight is 275 g/mol. The predicted molar refractivity (Wildman–Crippen MR) is 30.0 cm³/mol. The maximum atomic E-state index is 2.93. The molecule has 0 unspecified atom stereocenters. The van der Waals surface area contributed by atoms with Crippen LogP contribution in [0.15, 0.2) is 24.3 Å². The first-order chi connectivity index (χ1) is 3.39. The summed E-state index contributed by atoms with van der Waals surface area (Å²) >= 11 is 0. The predicted octanol–water partition coefficient (Wildman–Crippen LogP) is 1.79. The summed E-state index contributed by atoms with van der Waals surface area (Å²) in [5, 5.41) is 0. The van der Waals surface area contributed by atoms with Gasteiger partial charge in [-0.15, -0.1) is 0 Å². The van der Waals surface area contributed by atoms with E-state index in [2.05, 4.69) is 13.0 Å². The Morgan fingerprint density at radius 2 is 1.75 bits per heavy atom. The van der Waals surface area contributed by atoms with Gasteiger partial charge in [0.15, 0.2) is 0 Å². The molecule has 42 valence electrons. The fourth-order valence-corrected chi connectivity index (χ4v) is 0.470. The third kappa shape index (κ3) is 2.28. The Morgan fingerprint density at radius 3 is 2.00 bits per heavy atom. The van der Waals surface area contributed by atoms with Gasteiger partial charge in [-0.1, -0.05) is 6.92 Å². The van der Waals surface area contributed by atoms with Crippen LogP contribution >= 0.6 is 0 Å². The summed E-state index contributed by atoms with van der Waals surface area (Å²) in [6, 6.07) is 10.8. The second-order valence-electron chi connectivity index (χ2n) is 1.58. The van der Waals surface area contributed by atoms with Crippen LogP contribution in [0.5, 0.6) is 0 Å². The maximum absolute atomic E-state index is 2.93. The van der Waals surface area contributed by atoms with Gasteiger partial charge in [0.1, 0.15) is 0 Å². The van der Waals surface area contributed by atoms with Crippen LogP contribution in [0.4, 0.5) is 0 Å². The van der Waals surface area contributed by atoms with E-state index in [1.807, 2.05) is 24.3 Å². The molecule has 0 aliphatic rings. The summed E-state index contributed by atoms with van der Waals surface area (Å²) in [4.78, 5) is 0. The molecule has 0 amide bonds. The first kappa shape index (κ1) is 7.91. The maximum Gasteiger partial charge on any atom is 0 e. The van der Waals surface area contributed by atoms with E-state index < -0.39 is 0 Å². The van der Waals surface area contributed by atoms with Crippen molar-refractivity contribution in [2.24, 2.45) is 0 Å². The molecule has 0 N–H and O–H groups in total. The van der Waals surface area contributed by atoms with Crippen molar-refractivity contribution in [3.63, 3.8) is 0 Å². The van der Waals surface area contributed by atoms with Crippen LogP contribution in [0.2, 0.25) is 0 Å². The van der Waals surface area contributed by atoms with Crippen molar-refractivity contribution in [1.29, 1.82) is 0 Å². The van der Waals surface area contributed by atoms with E-state index in [9.17, 15) is 0 Å². The fourth-order valence-electron chi connectivity index (χ4n) is 0.470. The first-order valence-corrected chi connectivity index (χ1v) is 2.32. The van der Waals surface area contributed by atoms with E-state index in [1.54, 1.807) is 0 Å². The third-order valence-electron chi connectivity index (χ3n) is 0.885. The second kappa shape index (κ2) is 3.86. The van der Waals surface area contributed by atoms with Crippen LogP contribution in [0.1, 0.15) is 5.56 Å². The number of benzene rings is 1. The Balaban J connectivity index is 0.000000490. The molecule has 1 heteroatoms. The molecule has 0 bridgehead atoms. The van der Waals surface area contributed by atoms with Gasteiger partial charge in [-0.2, -0.15) is 35.9 Å². The molecule has 0 aliphatic heterocycles. The van der Waals surface area contributed by atoms with Crippen LogP contribution in [0.25, 0.3) is 0 Å². The molecule has 0 heterocycles. The van der Waals surface area contributed by atoms with Crippen molar-refractivity contribution in [2.45, 2.75) is 6.92 Å². The quantitative estimate of drug-likeness (QED) is 0.633. The molecule has 0 aromatic heterocycles. The van der Waals surface area contributed by atoms with Gasteiger partial charge in [0.2, 0.25) is 0 Å². The van der Waals surface area contributed by atoms with Crippen LogP contribution in [-0.4, -0.2) is 0 Å². The summed E-state index contributed by atoms with van der Waals surface area (Å²) in [7, 11) is 0. The number of hydrogen-bond acceptors (Lipinski definition) is 0. The normalized spacial score (nSPS) is 7.62. The Morgan fingerprint density at radius 1 is 1.25 bits per heavy atom. The van der Waals surface area contributed by atoms with Crippen molar-refractivity contribution in [3.8, 4) is 0 Å². The minimum Gasteiger partial charge on any atom is -0.184 e. The van der Waals surface area contributed by atoms with Crippen molar-refractivity contribution < 1.29 is 21.1 Å². The van der Waals surface area contributed by atoms with Crippen molar-refractivity contribution in [3.05, 3.63) is 35.9 Å². The van der Waals surface area contributed by atoms with Crippen molar-refractivity contribution in [2.75, 3.05) is 0 Å². The molecule has 0 fully saturated rings. The summed E-state index contributed by atoms with van der Waals surface area (Å²) < 4.78 is 0. The third-order valence-corrected chi connectivity index (χ3v) is 0.885. The minimum absolute atomic E-state index is 0. The van der Waals surface area contributed by atoms with Gasteiger partial charge in [-0.3, -0.25) is 0 Å². The van der Waals surface area contributed by atoms with E-state index in [0.29, 0.717) is 0 Å². The topological polar surface area (TPSA) is 0 Å². The van der Waals surface area contributed by atoms with Gasteiger partial charge >= 0.3 is 0 Å². The molecular formula is C7H7W-. The Kier molecular flexibility index (Phi) is 3.81. The van der Waals surface area contributed by atoms with E-state index in [0.717, 1.165) is 0 Å². The van der Waals surface area contributed by atoms with Crippen LogP contribution in [0, 0.1) is 13.0 Å². The summed E-state index contributed by atoms with van der Waals surface area (Å²) in [6.45, 7) is 2.06. The molecule has 0 radical (unpaired) electrons. The minimum atomic E-state index is 0. The summed E-state index contributed by atoms with van der Waals surface area (Å²) in [5.74, 6) is 0. The van der Waals surface area contributed by atoms with E-state index in [-0.39, 0.29) is 21.1 Å². The van der Waals surface area contributed by atoms with Crippen LogP contribution < -0.4 is 0 Å². The molecule has 8 heavy (non-hydrogen) atoms. The first-order valence-electron chi connectivity index (χ1n) is 2.32. The van der Waals surface area contributed by atoms with Crippen molar-refractivity contribution >= 4 is 0 Å². The zero-order valence-corrected chi connectivity index (χ0v) is 7.65. The molecule has 0 atom stereocenters. The molecule has 0 nitrogen and oxygen atoms in total. The van der Waals surface area contributed by atoms with Gasteiger partial charge in [0, 0.05) is 21.1 Å². The van der Waals surface area contributed by atoms with Gasteiger partial charge in [-0.05, 0) is 0 Å². The zero-order valence-electron chi connectivity index (χ0n) is 4.72. The fraction of sp³-hybridized carbons (Fsp3) is 0.143. The monoisotopic (exact) mass is 275 g/mol. The van der Waals surface area contributed by atoms with Crippen LogP contribution in [-0.2, 0) is 21.1 Å². The van der Waals surface area contributed by atoms with Crippen LogP contribution in [0.3, 0.4) is 0 Å². The molecule has 1 aromatic carbocycles. The summed E-state index contributed by atoms with van der Waals surface area (Å²) in [5.41, 5.74) is 1.29. The van der Waals surface area contributed by atoms with Crippen molar-refractivity contribution in [1.82, 2.24) is 0 Å². The molecule has 0 saturated carbocycles. The van der Waals surface area contributed by atoms with E-state index >= 15 is 0 Å². The second-order valence-corrected chi connectivity index (χ2v) is 1.58. The zero-order chi connectivity index (χ0) is 5.11. The Hall–Kier alpha value is -0.0917. The standard InChI is InChI=1S/C7H7.W/c1-7-5-3-2-4-6-7;/h3-6H,1H3;/q-1;. The average Bonchev–Trinajstić information content (AvgIpc) is 1.69. The van der Waals surface area contributed by atoms with Gasteiger partial charge in [-0.25, -0.2) is 0 Å². The molecule has 1 aromatic rings. The number of hydrogen-bond donors (Lipinski definition) is 0. The SMILES string of the molecule is Cc1cc[c-]cc1.[W]. The molecule has 0 saturated heterocycles. The number of aryl methyl sites for hydroxylation is 1. The molecular weight excluding hydrogens is 268 g/mol. The Labute approximate surface area is 64.2 Å². The molecule has 1 rings (SSSR count). The van der Waals surface area contributed by atoms with E-state index in [1.165, 1.54) is 5.56 Å². The smallest absolute Gasteiger partial charge is 0 e. The molecule has 0 spiro atoms. The summed E-state index contributed by atoms with van der Waals surface area (Å²) in [6.07, 6.45) is 0. The van der Waals surface area contributed by atoms with Gasteiger partial charge < -0.3 is 0 Å². The number of rotatable bonds is 0.